The van der Waals surface area contributed by atoms with Crippen LogP contribution in [-0.4, -0.2) is 57.8 Å². The molecular formula is C18H17BN2O7-2. The van der Waals surface area contributed by atoms with E-state index in [1.165, 1.54) is 12.3 Å². The number of fused-ring (bicyclic) bond motifs is 1. The minimum Gasteiger partial charge on any atom is -0.669 e. The van der Waals surface area contributed by atoms with Gasteiger partial charge in [-0.1, -0.05) is 12.4 Å². The van der Waals surface area contributed by atoms with E-state index in [0.29, 0.717) is 11.1 Å². The number of hydrogen-bond acceptors (Lipinski definition) is 8. The number of carbonyl (C=O) groups is 2. The first-order valence-electron chi connectivity index (χ1n) is 8.86. The van der Waals surface area contributed by atoms with E-state index in [4.69, 9.17) is 9.39 Å². The van der Waals surface area contributed by atoms with Gasteiger partial charge in [0.15, 0.2) is 0 Å². The summed E-state index contributed by atoms with van der Waals surface area (Å²) >= 11 is 0. The minimum atomic E-state index is -3.12. The van der Waals surface area contributed by atoms with Gasteiger partial charge >= 0.3 is 6.75 Å². The van der Waals surface area contributed by atoms with Crippen molar-refractivity contribution in [1.29, 1.82) is 0 Å². The maximum Gasteiger partial charge on any atom is 0.430 e. The number of pyridine rings is 1. The molecule has 0 atom stereocenters. The Hall–Kier alpha value is -3.11. The Labute approximate surface area is 160 Å². The summed E-state index contributed by atoms with van der Waals surface area (Å²) in [4.78, 5) is 29.4. The Morgan fingerprint density at radius 3 is 2.75 bits per heavy atom. The smallest absolute Gasteiger partial charge is 0.430 e. The van der Waals surface area contributed by atoms with Crippen LogP contribution in [0, 0.1) is 0 Å². The molecule has 2 N–H and O–H groups in total. The molecule has 28 heavy (non-hydrogen) atoms. The van der Waals surface area contributed by atoms with Gasteiger partial charge in [0, 0.05) is 12.4 Å². The molecule has 1 saturated heterocycles. The zero-order valence-electron chi connectivity index (χ0n) is 14.8. The van der Waals surface area contributed by atoms with E-state index < -0.39 is 18.8 Å². The molecule has 0 bridgehead atoms. The van der Waals surface area contributed by atoms with E-state index in [1.807, 2.05) is 0 Å². The molecule has 1 aromatic carbocycles. The maximum absolute atomic E-state index is 12.3. The van der Waals surface area contributed by atoms with Crippen LogP contribution in [0.25, 0.3) is 0 Å². The molecule has 146 valence electrons. The highest BCUT2D eigenvalue weighted by Gasteiger charge is 2.35. The fraction of sp³-hybridized carbons (Fsp3) is 0.278. The molecule has 9 nitrogen and oxygen atoms in total. The molecule has 0 radical (unpaired) electrons. The third kappa shape index (κ3) is 3.39. The zero-order valence-corrected chi connectivity index (χ0v) is 14.8. The molecule has 0 aliphatic carbocycles. The third-order valence-corrected chi connectivity index (χ3v) is 4.84. The topological polar surface area (TPSA) is 132 Å². The number of ether oxygens (including phenoxy) is 1. The lowest BCUT2D eigenvalue weighted by molar-refractivity contribution is -0.255. The summed E-state index contributed by atoms with van der Waals surface area (Å²) in [6.45, 7) is -2.55. The number of amides is 1. The SMILES string of the molecule is O=C([O-])c1c(OC2CN(C(=O)c3cccnc3)C2)ccc2c1O[B-](O)(O)CC2. The summed E-state index contributed by atoms with van der Waals surface area (Å²) in [7, 11) is 0. The van der Waals surface area contributed by atoms with Crippen molar-refractivity contribution in [3.8, 4) is 11.5 Å². The Bertz CT molecular complexity index is 929. The molecule has 10 heteroatoms. The number of rotatable bonds is 4. The number of nitrogens with zero attached hydrogens (tertiary/aromatic N) is 2. The van der Waals surface area contributed by atoms with Crippen LogP contribution in [0.4, 0.5) is 0 Å². The summed E-state index contributed by atoms with van der Waals surface area (Å²) in [6, 6.07) is 6.45. The maximum atomic E-state index is 12.3. The lowest BCUT2D eigenvalue weighted by Crippen LogP contribution is -2.56. The summed E-state index contributed by atoms with van der Waals surface area (Å²) in [5.41, 5.74) is 0.640. The first-order chi connectivity index (χ1) is 13.3. The number of likely N-dealkylation sites (tertiary alicyclic amines) is 1. The predicted octanol–water partition coefficient (Wildman–Crippen LogP) is -0.793. The molecule has 1 aromatic heterocycles. The van der Waals surface area contributed by atoms with Crippen molar-refractivity contribution in [2.75, 3.05) is 13.1 Å². The average molecular weight is 384 g/mol. The van der Waals surface area contributed by atoms with Crippen LogP contribution in [0.5, 0.6) is 11.5 Å². The van der Waals surface area contributed by atoms with Crippen LogP contribution < -0.4 is 14.5 Å². The fourth-order valence-corrected chi connectivity index (χ4v) is 3.35. The highest BCUT2D eigenvalue weighted by Crippen LogP contribution is 2.38. The van der Waals surface area contributed by atoms with E-state index in [2.05, 4.69) is 4.98 Å². The Kier molecular flexibility index (Phi) is 4.44. The largest absolute Gasteiger partial charge is 0.669 e. The quantitative estimate of drug-likeness (QED) is 0.656. The summed E-state index contributed by atoms with van der Waals surface area (Å²) in [5, 5.41) is 31.2. The van der Waals surface area contributed by atoms with Gasteiger partial charge in [-0.25, -0.2) is 0 Å². The second-order valence-electron chi connectivity index (χ2n) is 6.92. The van der Waals surface area contributed by atoms with Gasteiger partial charge in [0.25, 0.3) is 5.91 Å². The first-order valence-corrected chi connectivity index (χ1v) is 8.86. The second-order valence-corrected chi connectivity index (χ2v) is 6.92. The van der Waals surface area contributed by atoms with Gasteiger partial charge in [-0.15, -0.1) is 0 Å². The van der Waals surface area contributed by atoms with Crippen LogP contribution in [0.2, 0.25) is 6.32 Å². The number of carbonyl (C=O) groups excluding carboxylic acids is 2. The number of aromatic nitrogens is 1. The molecule has 2 aromatic rings. The number of carboxylic acid groups (broad SMARTS) is 1. The Morgan fingerprint density at radius 1 is 1.29 bits per heavy atom. The first kappa shape index (κ1) is 18.3. The summed E-state index contributed by atoms with van der Waals surface area (Å²) in [6.07, 6.45) is 2.89. The van der Waals surface area contributed by atoms with Crippen molar-refractivity contribution in [2.45, 2.75) is 18.8 Å². The molecule has 1 fully saturated rings. The Balaban J connectivity index is 1.49. The number of aryl methyl sites for hydroxylation is 1. The van der Waals surface area contributed by atoms with E-state index in [1.54, 1.807) is 29.3 Å². The van der Waals surface area contributed by atoms with Crippen LogP contribution in [0.15, 0.2) is 36.7 Å². The number of hydrogen-bond donors (Lipinski definition) is 2. The van der Waals surface area contributed by atoms with Crippen molar-refractivity contribution in [2.24, 2.45) is 0 Å². The van der Waals surface area contributed by atoms with Crippen molar-refractivity contribution in [3.63, 3.8) is 0 Å². The third-order valence-electron chi connectivity index (χ3n) is 4.84. The highest BCUT2D eigenvalue weighted by atomic mass is 16.6. The molecule has 0 saturated carbocycles. The van der Waals surface area contributed by atoms with Crippen molar-refractivity contribution < 1.29 is 34.1 Å². The molecule has 2 aliphatic heterocycles. The van der Waals surface area contributed by atoms with Crippen LogP contribution in [0.1, 0.15) is 26.3 Å². The lowest BCUT2D eigenvalue weighted by Gasteiger charge is -2.41. The zero-order chi connectivity index (χ0) is 19.9. The van der Waals surface area contributed by atoms with Crippen molar-refractivity contribution >= 4 is 18.6 Å². The summed E-state index contributed by atoms with van der Waals surface area (Å²) in [5.74, 6) is -1.86. The molecule has 0 unspecified atom stereocenters. The molecular weight excluding hydrogens is 367 g/mol. The lowest BCUT2D eigenvalue weighted by atomic mass is 9.70. The molecule has 1 amide bonds. The van der Waals surface area contributed by atoms with E-state index in [0.717, 1.165) is 0 Å². The predicted molar refractivity (Wildman–Crippen MR) is 94.7 cm³/mol. The van der Waals surface area contributed by atoms with Crippen molar-refractivity contribution in [1.82, 2.24) is 9.88 Å². The van der Waals surface area contributed by atoms with Crippen LogP contribution in [0.3, 0.4) is 0 Å². The van der Waals surface area contributed by atoms with Gasteiger partial charge in [0.2, 0.25) is 0 Å². The van der Waals surface area contributed by atoms with Gasteiger partial charge in [-0.05, 0) is 30.2 Å². The summed E-state index contributed by atoms with van der Waals surface area (Å²) < 4.78 is 10.8. The number of carboxylic acids is 1. The number of aromatic carboxylic acids is 1. The molecule has 3 heterocycles. The van der Waals surface area contributed by atoms with Gasteiger partial charge in [0.1, 0.15) is 11.9 Å². The van der Waals surface area contributed by atoms with E-state index in [9.17, 15) is 24.7 Å². The minimum absolute atomic E-state index is 0.00530. The molecule has 4 rings (SSSR count). The van der Waals surface area contributed by atoms with Crippen LogP contribution >= 0.6 is 0 Å². The van der Waals surface area contributed by atoms with E-state index in [-0.39, 0.29) is 48.8 Å². The normalized spacial score (nSPS) is 17.9. The second kappa shape index (κ2) is 6.81. The van der Waals surface area contributed by atoms with Gasteiger partial charge in [-0.3, -0.25) is 9.78 Å². The standard InChI is InChI=1S/C18H18BN2O7/c22-17(12-2-1-7-20-8-12)21-9-13(10-21)27-14-4-3-11-5-6-19(25,26)28-16(11)15(14)18(23)24/h1-4,7-8,13,25-26H,5-6,9-10H2,(H,23,24)/q-1/p-1. The fourth-order valence-electron chi connectivity index (χ4n) is 3.35. The van der Waals surface area contributed by atoms with Crippen molar-refractivity contribution in [3.05, 3.63) is 53.3 Å². The van der Waals surface area contributed by atoms with Gasteiger partial charge in [-0.2, -0.15) is 0 Å². The molecule has 2 aliphatic rings. The Morgan fingerprint density at radius 2 is 2.07 bits per heavy atom. The monoisotopic (exact) mass is 384 g/mol. The van der Waals surface area contributed by atoms with Gasteiger partial charge < -0.3 is 34.2 Å². The van der Waals surface area contributed by atoms with E-state index >= 15 is 0 Å². The molecule has 0 spiro atoms. The average Bonchev–Trinajstić information content (AvgIpc) is 2.63. The van der Waals surface area contributed by atoms with Gasteiger partial charge in [0.05, 0.1) is 35.9 Å². The highest BCUT2D eigenvalue weighted by molar-refractivity contribution is 6.59. The number of benzene rings is 1. The van der Waals surface area contributed by atoms with Crippen LogP contribution in [-0.2, 0) is 6.42 Å².